The van der Waals surface area contributed by atoms with E-state index in [1.807, 2.05) is 0 Å². The number of hydrogen-bond donors (Lipinski definition) is 2. The number of phenolic OH excluding ortho intramolecular Hbond substituents is 1. The molecule has 0 saturated heterocycles. The maximum Gasteiger partial charge on any atom is 0.501 e. The van der Waals surface area contributed by atoms with Gasteiger partial charge in [0.05, 0.1) is 10.6 Å². The summed E-state index contributed by atoms with van der Waals surface area (Å²) in [5.74, 6) is -0.460. The summed E-state index contributed by atoms with van der Waals surface area (Å²) >= 11 is 0. The van der Waals surface area contributed by atoms with E-state index in [0.29, 0.717) is 6.07 Å². The lowest BCUT2D eigenvalue weighted by molar-refractivity contribution is -0.0436. The monoisotopic (exact) mass is 255 g/mol. The number of alkyl halides is 3. The van der Waals surface area contributed by atoms with E-state index in [-0.39, 0.29) is 5.56 Å². The number of aromatic hydroxyl groups is 1. The Balaban J connectivity index is 3.53. The first-order chi connectivity index (χ1) is 7.07. The minimum Gasteiger partial charge on any atom is -0.506 e. The van der Waals surface area contributed by atoms with Crippen LogP contribution >= 0.6 is 0 Å². The number of sulfone groups is 1. The van der Waals surface area contributed by atoms with Gasteiger partial charge in [0, 0.05) is 0 Å². The zero-order valence-corrected chi connectivity index (χ0v) is 8.85. The van der Waals surface area contributed by atoms with Crippen molar-refractivity contribution in [1.82, 2.24) is 0 Å². The topological polar surface area (TPSA) is 80.4 Å². The van der Waals surface area contributed by atoms with Crippen molar-refractivity contribution in [1.29, 1.82) is 0 Å². The van der Waals surface area contributed by atoms with E-state index in [2.05, 4.69) is 0 Å². The van der Waals surface area contributed by atoms with Crippen LogP contribution in [-0.4, -0.2) is 19.0 Å². The number of rotatable bonds is 1. The van der Waals surface area contributed by atoms with Crippen LogP contribution in [0.1, 0.15) is 5.56 Å². The first-order valence-electron chi connectivity index (χ1n) is 3.98. The number of hydrogen-bond acceptors (Lipinski definition) is 4. The molecule has 0 unspecified atom stereocenters. The molecule has 0 spiro atoms. The van der Waals surface area contributed by atoms with Crippen LogP contribution < -0.4 is 5.73 Å². The fourth-order valence-electron chi connectivity index (χ4n) is 1.10. The van der Waals surface area contributed by atoms with Gasteiger partial charge in [-0.3, -0.25) is 0 Å². The van der Waals surface area contributed by atoms with Crippen LogP contribution in [-0.2, 0) is 9.84 Å². The lowest BCUT2D eigenvalue weighted by Gasteiger charge is -2.11. The highest BCUT2D eigenvalue weighted by Gasteiger charge is 2.47. The van der Waals surface area contributed by atoms with E-state index < -0.39 is 31.7 Å². The predicted molar refractivity (Wildman–Crippen MR) is 50.5 cm³/mol. The van der Waals surface area contributed by atoms with Crippen molar-refractivity contribution in [3.63, 3.8) is 0 Å². The Hall–Kier alpha value is -1.44. The number of halogens is 3. The molecule has 0 saturated carbocycles. The molecule has 16 heavy (non-hydrogen) atoms. The second-order valence-electron chi connectivity index (χ2n) is 3.13. The van der Waals surface area contributed by atoms with Crippen LogP contribution in [0.15, 0.2) is 17.0 Å². The number of phenols is 1. The summed E-state index contributed by atoms with van der Waals surface area (Å²) in [6.45, 7) is 1.14. The van der Waals surface area contributed by atoms with Crippen molar-refractivity contribution in [2.75, 3.05) is 5.73 Å². The fraction of sp³-hybridized carbons (Fsp3) is 0.250. The quantitative estimate of drug-likeness (QED) is 0.589. The number of aryl methyl sites for hydroxylation is 1. The first-order valence-corrected chi connectivity index (χ1v) is 5.46. The second kappa shape index (κ2) is 3.55. The van der Waals surface area contributed by atoms with E-state index in [1.165, 1.54) is 0 Å². The molecule has 0 aliphatic rings. The molecular formula is C8H8F3NO3S. The van der Waals surface area contributed by atoms with Gasteiger partial charge >= 0.3 is 5.51 Å². The van der Waals surface area contributed by atoms with E-state index in [4.69, 9.17) is 10.8 Å². The molecule has 0 amide bonds. The van der Waals surface area contributed by atoms with Gasteiger partial charge in [-0.05, 0) is 24.6 Å². The highest BCUT2D eigenvalue weighted by atomic mass is 32.2. The summed E-state index contributed by atoms with van der Waals surface area (Å²) in [7, 11) is -5.44. The summed E-state index contributed by atoms with van der Waals surface area (Å²) in [5, 5.41) is 9.09. The van der Waals surface area contributed by atoms with E-state index in [1.54, 1.807) is 0 Å². The number of benzene rings is 1. The fourth-order valence-corrected chi connectivity index (χ4v) is 2.12. The zero-order chi connectivity index (χ0) is 12.7. The Morgan fingerprint density at radius 1 is 1.31 bits per heavy atom. The summed E-state index contributed by atoms with van der Waals surface area (Å²) in [6.07, 6.45) is 0. The van der Waals surface area contributed by atoms with Gasteiger partial charge in [-0.2, -0.15) is 13.2 Å². The van der Waals surface area contributed by atoms with E-state index in [0.717, 1.165) is 13.0 Å². The molecule has 0 fully saturated rings. The molecule has 1 aromatic rings. The molecule has 1 aromatic carbocycles. The van der Waals surface area contributed by atoms with E-state index in [9.17, 15) is 21.6 Å². The van der Waals surface area contributed by atoms with Gasteiger partial charge in [0.15, 0.2) is 0 Å². The lowest BCUT2D eigenvalue weighted by atomic mass is 10.2. The summed E-state index contributed by atoms with van der Waals surface area (Å²) in [6, 6.07) is 1.46. The molecule has 1 rings (SSSR count). The zero-order valence-electron chi connectivity index (χ0n) is 8.04. The SMILES string of the molecule is Cc1cc(O)c(N)cc1S(=O)(=O)C(F)(F)F. The number of anilines is 1. The van der Waals surface area contributed by atoms with E-state index >= 15 is 0 Å². The van der Waals surface area contributed by atoms with Crippen LogP contribution in [0.3, 0.4) is 0 Å². The highest BCUT2D eigenvalue weighted by molar-refractivity contribution is 7.92. The number of nitrogen functional groups attached to an aromatic ring is 1. The third kappa shape index (κ3) is 1.92. The standard InChI is InChI=1S/C8H8F3NO3S/c1-4-2-6(13)5(12)3-7(4)16(14,15)8(9,10)11/h2-3,13H,12H2,1H3. The van der Waals surface area contributed by atoms with Gasteiger partial charge in [-0.1, -0.05) is 0 Å². The Morgan fingerprint density at radius 2 is 1.81 bits per heavy atom. The van der Waals surface area contributed by atoms with Crippen LogP contribution in [0.2, 0.25) is 0 Å². The normalized spacial score (nSPS) is 12.8. The molecule has 0 atom stereocenters. The summed E-state index contributed by atoms with van der Waals surface area (Å²) < 4.78 is 58.9. The van der Waals surface area contributed by atoms with Crippen molar-refractivity contribution < 1.29 is 26.7 Å². The van der Waals surface area contributed by atoms with Gasteiger partial charge in [-0.25, -0.2) is 8.42 Å². The average Bonchev–Trinajstić information content (AvgIpc) is 2.09. The largest absolute Gasteiger partial charge is 0.506 e. The first kappa shape index (κ1) is 12.6. The average molecular weight is 255 g/mol. The summed E-state index contributed by atoms with van der Waals surface area (Å²) in [4.78, 5) is -0.949. The minimum absolute atomic E-state index is 0.218. The Labute approximate surface area is 89.4 Å². The molecular weight excluding hydrogens is 247 g/mol. The van der Waals surface area contributed by atoms with Crippen LogP contribution in [0.5, 0.6) is 5.75 Å². The Kier molecular flexibility index (Phi) is 2.80. The molecule has 0 aliphatic carbocycles. The van der Waals surface area contributed by atoms with Crippen molar-refractivity contribution in [2.24, 2.45) is 0 Å². The van der Waals surface area contributed by atoms with Gasteiger partial charge in [0.25, 0.3) is 9.84 Å². The Bertz CT molecular complexity index is 522. The molecule has 4 nitrogen and oxygen atoms in total. The van der Waals surface area contributed by atoms with Gasteiger partial charge < -0.3 is 10.8 Å². The maximum absolute atomic E-state index is 12.2. The van der Waals surface area contributed by atoms with Gasteiger partial charge in [0.1, 0.15) is 5.75 Å². The Morgan fingerprint density at radius 3 is 2.25 bits per heavy atom. The molecule has 0 aliphatic heterocycles. The molecule has 8 heteroatoms. The maximum atomic E-state index is 12.2. The van der Waals surface area contributed by atoms with Gasteiger partial charge in [0.2, 0.25) is 0 Å². The van der Waals surface area contributed by atoms with Gasteiger partial charge in [-0.15, -0.1) is 0 Å². The second-order valence-corrected chi connectivity index (χ2v) is 5.04. The van der Waals surface area contributed by atoms with Crippen molar-refractivity contribution >= 4 is 15.5 Å². The smallest absolute Gasteiger partial charge is 0.501 e. The number of nitrogens with two attached hydrogens (primary N) is 1. The van der Waals surface area contributed by atoms with Crippen LogP contribution in [0.25, 0.3) is 0 Å². The van der Waals surface area contributed by atoms with Crippen molar-refractivity contribution in [3.8, 4) is 5.75 Å². The molecule has 0 aromatic heterocycles. The molecule has 3 N–H and O–H groups in total. The van der Waals surface area contributed by atoms with Crippen LogP contribution in [0, 0.1) is 6.92 Å². The summed E-state index contributed by atoms with van der Waals surface area (Å²) in [5.41, 5.74) is -0.881. The minimum atomic E-state index is -5.44. The third-order valence-electron chi connectivity index (χ3n) is 1.92. The lowest BCUT2D eigenvalue weighted by Crippen LogP contribution is -2.24. The van der Waals surface area contributed by atoms with Crippen LogP contribution in [0.4, 0.5) is 18.9 Å². The molecule has 0 radical (unpaired) electrons. The van der Waals surface area contributed by atoms with Crippen molar-refractivity contribution in [2.45, 2.75) is 17.3 Å². The molecule has 0 bridgehead atoms. The molecule has 0 heterocycles. The highest BCUT2D eigenvalue weighted by Crippen LogP contribution is 2.35. The third-order valence-corrected chi connectivity index (χ3v) is 3.55. The molecule has 90 valence electrons. The predicted octanol–water partition coefficient (Wildman–Crippen LogP) is 1.58. The van der Waals surface area contributed by atoms with Crippen molar-refractivity contribution in [3.05, 3.63) is 17.7 Å².